The number of rotatable bonds is 2. The molecule has 0 unspecified atom stereocenters. The van der Waals surface area contributed by atoms with Gasteiger partial charge in [-0.15, -0.1) is 0 Å². The number of anilines is 2. The maximum absolute atomic E-state index is 12.3. The molecule has 104 valence electrons. The summed E-state index contributed by atoms with van der Waals surface area (Å²) in [6.07, 6.45) is 0. The zero-order valence-corrected chi connectivity index (χ0v) is 13.3. The van der Waals surface area contributed by atoms with E-state index in [0.29, 0.717) is 11.3 Å². The predicted octanol–water partition coefficient (Wildman–Crippen LogP) is 4.21. The Morgan fingerprint density at radius 3 is 2.40 bits per heavy atom. The zero-order chi connectivity index (χ0) is 14.9. The van der Waals surface area contributed by atoms with Gasteiger partial charge in [-0.25, -0.2) is 0 Å². The number of nitrogens with two attached hydrogens (primary N) is 1. The second-order valence-corrected chi connectivity index (χ2v) is 5.80. The van der Waals surface area contributed by atoms with Gasteiger partial charge >= 0.3 is 0 Å². The van der Waals surface area contributed by atoms with Crippen molar-refractivity contribution in [2.75, 3.05) is 11.1 Å². The van der Waals surface area contributed by atoms with Crippen LogP contribution in [0.25, 0.3) is 0 Å². The molecule has 0 bridgehead atoms. The molecule has 0 aliphatic heterocycles. The van der Waals surface area contributed by atoms with Crippen molar-refractivity contribution in [2.45, 2.75) is 20.8 Å². The number of nitrogens with one attached hydrogen (secondary N) is 1. The number of benzene rings is 2. The molecule has 1 amide bonds. The van der Waals surface area contributed by atoms with Crippen LogP contribution in [0.4, 0.5) is 11.4 Å². The highest BCUT2D eigenvalue weighted by atomic mass is 79.9. The lowest BCUT2D eigenvalue weighted by molar-refractivity contribution is 0.102. The van der Waals surface area contributed by atoms with Gasteiger partial charge in [-0.05, 0) is 61.7 Å². The van der Waals surface area contributed by atoms with Crippen LogP contribution >= 0.6 is 15.9 Å². The van der Waals surface area contributed by atoms with Crippen LogP contribution in [0.1, 0.15) is 27.0 Å². The fourth-order valence-electron chi connectivity index (χ4n) is 1.98. The summed E-state index contributed by atoms with van der Waals surface area (Å²) in [7, 11) is 0. The van der Waals surface area contributed by atoms with E-state index < -0.39 is 0 Å². The first kappa shape index (κ1) is 14.6. The Morgan fingerprint density at radius 1 is 1.05 bits per heavy atom. The number of amides is 1. The SMILES string of the molecule is Cc1cc(C)c(NC(=O)c2ccc(Br)c(C)c2)cc1N. The minimum atomic E-state index is -0.132. The Morgan fingerprint density at radius 2 is 1.75 bits per heavy atom. The third-order valence-electron chi connectivity index (χ3n) is 3.28. The van der Waals surface area contributed by atoms with E-state index in [1.807, 2.05) is 39.0 Å². The predicted molar refractivity (Wildman–Crippen MR) is 87.2 cm³/mol. The second kappa shape index (κ2) is 5.67. The van der Waals surface area contributed by atoms with Gasteiger partial charge in [-0.1, -0.05) is 22.0 Å². The number of carbonyl (C=O) groups excluding carboxylic acids is 1. The molecule has 2 aromatic carbocycles. The van der Waals surface area contributed by atoms with E-state index in [9.17, 15) is 4.79 Å². The lowest BCUT2D eigenvalue weighted by atomic mass is 10.1. The van der Waals surface area contributed by atoms with Gasteiger partial charge in [0.2, 0.25) is 0 Å². The van der Waals surface area contributed by atoms with E-state index in [4.69, 9.17) is 5.73 Å². The summed E-state index contributed by atoms with van der Waals surface area (Å²) in [5, 5.41) is 2.91. The molecule has 2 rings (SSSR count). The van der Waals surface area contributed by atoms with Crippen molar-refractivity contribution >= 4 is 33.2 Å². The van der Waals surface area contributed by atoms with Crippen molar-refractivity contribution in [1.29, 1.82) is 0 Å². The molecule has 3 N–H and O–H groups in total. The number of nitrogen functional groups attached to an aromatic ring is 1. The van der Waals surface area contributed by atoms with Crippen LogP contribution in [0.3, 0.4) is 0 Å². The van der Waals surface area contributed by atoms with E-state index in [0.717, 1.165) is 26.9 Å². The normalized spacial score (nSPS) is 10.4. The van der Waals surface area contributed by atoms with Gasteiger partial charge in [0, 0.05) is 21.4 Å². The molecule has 0 heterocycles. The Balaban J connectivity index is 2.27. The molecule has 0 saturated heterocycles. The molecule has 0 aliphatic rings. The van der Waals surface area contributed by atoms with Gasteiger partial charge < -0.3 is 11.1 Å². The number of halogens is 1. The Kier molecular flexibility index (Phi) is 4.14. The molecule has 2 aromatic rings. The molecule has 20 heavy (non-hydrogen) atoms. The summed E-state index contributed by atoms with van der Waals surface area (Å²) in [5.41, 5.74) is 11.0. The smallest absolute Gasteiger partial charge is 0.255 e. The summed E-state index contributed by atoms with van der Waals surface area (Å²) in [6, 6.07) is 9.29. The largest absolute Gasteiger partial charge is 0.398 e. The van der Waals surface area contributed by atoms with Crippen LogP contribution in [0.15, 0.2) is 34.8 Å². The van der Waals surface area contributed by atoms with Crippen LogP contribution in [0, 0.1) is 20.8 Å². The molecule has 0 fully saturated rings. The molecule has 0 saturated carbocycles. The number of hydrogen-bond acceptors (Lipinski definition) is 2. The summed E-state index contributed by atoms with van der Waals surface area (Å²) in [6.45, 7) is 5.86. The first-order chi connectivity index (χ1) is 9.38. The van der Waals surface area contributed by atoms with Crippen LogP contribution < -0.4 is 11.1 Å². The standard InChI is InChI=1S/C16H17BrN2O/c1-9-7-12(4-5-13(9)17)16(20)19-15-8-14(18)10(2)6-11(15)3/h4-8H,18H2,1-3H3,(H,19,20). The van der Waals surface area contributed by atoms with Crippen molar-refractivity contribution in [1.82, 2.24) is 0 Å². The van der Waals surface area contributed by atoms with E-state index in [1.165, 1.54) is 0 Å². The highest BCUT2D eigenvalue weighted by Crippen LogP contribution is 2.23. The maximum Gasteiger partial charge on any atom is 0.255 e. The molecule has 0 aliphatic carbocycles. The van der Waals surface area contributed by atoms with Crippen LogP contribution in [0.5, 0.6) is 0 Å². The topological polar surface area (TPSA) is 55.1 Å². The van der Waals surface area contributed by atoms with Gasteiger partial charge in [0.1, 0.15) is 0 Å². The van der Waals surface area contributed by atoms with Crippen LogP contribution in [0.2, 0.25) is 0 Å². The number of carbonyl (C=O) groups is 1. The van der Waals surface area contributed by atoms with E-state index in [1.54, 1.807) is 12.1 Å². The van der Waals surface area contributed by atoms with Gasteiger partial charge in [0.25, 0.3) is 5.91 Å². The first-order valence-corrected chi connectivity index (χ1v) is 7.12. The molecular formula is C16H17BrN2O. The lowest BCUT2D eigenvalue weighted by Gasteiger charge is -2.12. The zero-order valence-electron chi connectivity index (χ0n) is 11.8. The minimum absolute atomic E-state index is 0.132. The van der Waals surface area contributed by atoms with Crippen molar-refractivity contribution < 1.29 is 4.79 Å². The Labute approximate surface area is 127 Å². The average Bonchev–Trinajstić information content (AvgIpc) is 2.39. The van der Waals surface area contributed by atoms with E-state index in [-0.39, 0.29) is 5.91 Å². The maximum atomic E-state index is 12.3. The van der Waals surface area contributed by atoms with Gasteiger partial charge in [-0.3, -0.25) is 4.79 Å². The Hall–Kier alpha value is -1.81. The first-order valence-electron chi connectivity index (χ1n) is 6.32. The van der Waals surface area contributed by atoms with Crippen LogP contribution in [-0.4, -0.2) is 5.91 Å². The monoisotopic (exact) mass is 332 g/mol. The number of aryl methyl sites for hydroxylation is 3. The average molecular weight is 333 g/mol. The van der Waals surface area contributed by atoms with Crippen molar-refractivity contribution in [3.8, 4) is 0 Å². The highest BCUT2D eigenvalue weighted by molar-refractivity contribution is 9.10. The lowest BCUT2D eigenvalue weighted by Crippen LogP contribution is -2.13. The minimum Gasteiger partial charge on any atom is -0.398 e. The van der Waals surface area contributed by atoms with Gasteiger partial charge in [0.05, 0.1) is 0 Å². The second-order valence-electron chi connectivity index (χ2n) is 4.94. The summed E-state index contributed by atoms with van der Waals surface area (Å²) >= 11 is 3.43. The van der Waals surface area contributed by atoms with E-state index in [2.05, 4.69) is 21.2 Å². The highest BCUT2D eigenvalue weighted by Gasteiger charge is 2.10. The van der Waals surface area contributed by atoms with Crippen LogP contribution in [-0.2, 0) is 0 Å². The Bertz CT molecular complexity index is 680. The molecular weight excluding hydrogens is 316 g/mol. The molecule has 0 spiro atoms. The van der Waals surface area contributed by atoms with Crippen molar-refractivity contribution in [2.24, 2.45) is 0 Å². The molecule has 4 heteroatoms. The fraction of sp³-hybridized carbons (Fsp3) is 0.188. The summed E-state index contributed by atoms with van der Waals surface area (Å²) in [4.78, 5) is 12.3. The fourth-order valence-corrected chi connectivity index (χ4v) is 2.23. The van der Waals surface area contributed by atoms with Gasteiger partial charge in [0.15, 0.2) is 0 Å². The molecule has 0 atom stereocenters. The molecule has 0 aromatic heterocycles. The number of hydrogen-bond donors (Lipinski definition) is 2. The third kappa shape index (κ3) is 3.02. The quantitative estimate of drug-likeness (QED) is 0.809. The van der Waals surface area contributed by atoms with Crippen molar-refractivity contribution in [3.05, 3.63) is 57.1 Å². The summed E-state index contributed by atoms with van der Waals surface area (Å²) < 4.78 is 0.991. The van der Waals surface area contributed by atoms with Gasteiger partial charge in [-0.2, -0.15) is 0 Å². The van der Waals surface area contributed by atoms with E-state index >= 15 is 0 Å². The molecule has 3 nitrogen and oxygen atoms in total. The van der Waals surface area contributed by atoms with Crippen molar-refractivity contribution in [3.63, 3.8) is 0 Å². The summed E-state index contributed by atoms with van der Waals surface area (Å²) in [5.74, 6) is -0.132. The molecule has 0 radical (unpaired) electrons. The third-order valence-corrected chi connectivity index (χ3v) is 4.17.